The van der Waals surface area contributed by atoms with Gasteiger partial charge in [0.25, 0.3) is 0 Å². The molecule has 1 atom stereocenters. The van der Waals surface area contributed by atoms with Crippen LogP contribution in [0.1, 0.15) is 17.2 Å². The van der Waals surface area contributed by atoms with E-state index in [1.54, 1.807) is 31.2 Å². The van der Waals surface area contributed by atoms with Crippen LogP contribution in [0.3, 0.4) is 0 Å². The number of benzene rings is 1. The van der Waals surface area contributed by atoms with Crippen LogP contribution in [0.5, 0.6) is 0 Å². The van der Waals surface area contributed by atoms with Gasteiger partial charge in [0.1, 0.15) is 0 Å². The van der Waals surface area contributed by atoms with E-state index in [9.17, 15) is 9.90 Å². The molecule has 3 nitrogen and oxygen atoms in total. The van der Waals surface area contributed by atoms with Crippen molar-refractivity contribution in [1.29, 1.82) is 0 Å². The minimum absolute atomic E-state index is 0. The van der Waals surface area contributed by atoms with Crippen LogP contribution in [0, 0.1) is 6.92 Å². The molecule has 0 amide bonds. The van der Waals surface area contributed by atoms with Crippen LogP contribution < -0.4 is 0 Å². The first-order chi connectivity index (χ1) is 5.63. The Morgan fingerprint density at radius 2 is 1.92 bits per heavy atom. The summed E-state index contributed by atoms with van der Waals surface area (Å²) in [6, 6.07) is 6.87. The van der Waals surface area contributed by atoms with Crippen LogP contribution in [0.25, 0.3) is 0 Å². The van der Waals surface area contributed by atoms with Gasteiger partial charge in [-0.05, 0) is 18.1 Å². The predicted octanol–water partition coefficient (Wildman–Crippen LogP) is 0.465. The fraction of sp³-hybridized carbons (Fsp3) is 0.222. The van der Waals surface area contributed by atoms with Gasteiger partial charge < -0.3 is 10.2 Å². The second-order valence-electron chi connectivity index (χ2n) is 2.60. The summed E-state index contributed by atoms with van der Waals surface area (Å²) in [7, 11) is 0. The standard InChI is InChI=1S/C9H10O3.Na.H/c1-6-4-2-3-5-7(6)8(10)9(11)12;;/h2-5,8,10H,1H3,(H,11,12);;. The molecular formula is C9H11NaO3. The van der Waals surface area contributed by atoms with Crippen molar-refractivity contribution in [3.05, 3.63) is 35.4 Å². The van der Waals surface area contributed by atoms with Crippen LogP contribution in [0.2, 0.25) is 0 Å². The van der Waals surface area contributed by atoms with Gasteiger partial charge in [0.2, 0.25) is 0 Å². The molecule has 1 aromatic carbocycles. The second kappa shape index (κ2) is 5.40. The van der Waals surface area contributed by atoms with E-state index in [4.69, 9.17) is 5.11 Å². The van der Waals surface area contributed by atoms with E-state index < -0.39 is 12.1 Å². The Morgan fingerprint density at radius 1 is 1.38 bits per heavy atom. The Morgan fingerprint density at radius 3 is 2.38 bits per heavy atom. The Balaban J connectivity index is 0.00000144. The van der Waals surface area contributed by atoms with Crippen molar-refractivity contribution in [2.24, 2.45) is 0 Å². The number of aryl methyl sites for hydroxylation is 1. The molecule has 0 radical (unpaired) electrons. The predicted molar refractivity (Wildman–Crippen MR) is 50.9 cm³/mol. The summed E-state index contributed by atoms with van der Waals surface area (Å²) in [6.07, 6.45) is -1.41. The van der Waals surface area contributed by atoms with Crippen molar-refractivity contribution in [3.63, 3.8) is 0 Å². The third kappa shape index (κ3) is 3.12. The van der Waals surface area contributed by atoms with E-state index in [1.165, 1.54) is 0 Å². The van der Waals surface area contributed by atoms with Crippen LogP contribution in [-0.4, -0.2) is 45.7 Å². The molecule has 1 aromatic rings. The number of carboxylic acid groups (broad SMARTS) is 1. The molecule has 0 bridgehead atoms. The second-order valence-corrected chi connectivity index (χ2v) is 2.60. The molecule has 0 aromatic heterocycles. The van der Waals surface area contributed by atoms with Gasteiger partial charge in [-0.25, -0.2) is 4.79 Å². The molecule has 0 saturated heterocycles. The molecule has 0 spiro atoms. The number of aliphatic carboxylic acids is 1. The number of carboxylic acids is 1. The summed E-state index contributed by atoms with van der Waals surface area (Å²) in [6.45, 7) is 1.77. The molecule has 0 aliphatic heterocycles. The van der Waals surface area contributed by atoms with E-state index in [2.05, 4.69) is 0 Å². The van der Waals surface area contributed by atoms with Gasteiger partial charge in [0, 0.05) is 0 Å². The molecule has 0 aliphatic rings. The van der Waals surface area contributed by atoms with E-state index >= 15 is 0 Å². The van der Waals surface area contributed by atoms with E-state index in [0.717, 1.165) is 5.56 Å². The normalized spacial score (nSPS) is 11.5. The fourth-order valence-electron chi connectivity index (χ4n) is 1.03. The number of hydrogen-bond acceptors (Lipinski definition) is 2. The van der Waals surface area contributed by atoms with Gasteiger partial charge in [0.15, 0.2) is 6.10 Å². The summed E-state index contributed by atoms with van der Waals surface area (Å²) >= 11 is 0. The maximum absolute atomic E-state index is 10.4. The third-order valence-corrected chi connectivity index (χ3v) is 1.72. The van der Waals surface area contributed by atoms with Gasteiger partial charge in [-0.15, -0.1) is 0 Å². The molecular weight excluding hydrogens is 179 g/mol. The topological polar surface area (TPSA) is 57.5 Å². The first kappa shape index (κ1) is 12.7. The summed E-state index contributed by atoms with van der Waals surface area (Å²) in [5.74, 6) is -1.22. The van der Waals surface area contributed by atoms with Crippen molar-refractivity contribution in [3.8, 4) is 0 Å². The van der Waals surface area contributed by atoms with E-state index in [1.807, 2.05) is 0 Å². The van der Waals surface area contributed by atoms with Gasteiger partial charge in [-0.3, -0.25) is 0 Å². The molecule has 13 heavy (non-hydrogen) atoms. The van der Waals surface area contributed by atoms with Crippen molar-refractivity contribution in [2.45, 2.75) is 13.0 Å². The third-order valence-electron chi connectivity index (χ3n) is 1.72. The van der Waals surface area contributed by atoms with E-state index in [0.29, 0.717) is 5.56 Å². The summed E-state index contributed by atoms with van der Waals surface area (Å²) < 4.78 is 0. The number of aliphatic hydroxyl groups excluding tert-OH is 1. The molecule has 66 valence electrons. The molecule has 2 N–H and O–H groups in total. The van der Waals surface area contributed by atoms with Crippen molar-refractivity contribution < 1.29 is 15.0 Å². The molecule has 1 unspecified atom stereocenters. The molecule has 0 heterocycles. The maximum atomic E-state index is 10.4. The molecule has 1 rings (SSSR count). The summed E-state index contributed by atoms with van der Waals surface area (Å²) in [5.41, 5.74) is 1.23. The first-order valence-corrected chi connectivity index (χ1v) is 3.59. The fourth-order valence-corrected chi connectivity index (χ4v) is 1.03. The molecule has 0 fully saturated rings. The van der Waals surface area contributed by atoms with Crippen LogP contribution in [-0.2, 0) is 4.79 Å². The molecule has 0 aliphatic carbocycles. The van der Waals surface area contributed by atoms with Crippen molar-refractivity contribution in [1.82, 2.24) is 0 Å². The quantitative estimate of drug-likeness (QED) is 0.666. The van der Waals surface area contributed by atoms with E-state index in [-0.39, 0.29) is 29.6 Å². The van der Waals surface area contributed by atoms with Crippen LogP contribution in [0.4, 0.5) is 0 Å². The minimum atomic E-state index is -1.41. The Kier molecular flexibility index (Phi) is 5.25. The average Bonchev–Trinajstić information content (AvgIpc) is 2.04. The number of carbonyl (C=O) groups is 1. The molecule has 0 saturated carbocycles. The Labute approximate surface area is 98.7 Å². The number of rotatable bonds is 2. The van der Waals surface area contributed by atoms with Crippen LogP contribution >= 0.6 is 0 Å². The van der Waals surface area contributed by atoms with Gasteiger partial charge in [-0.1, -0.05) is 24.3 Å². The average molecular weight is 190 g/mol. The zero-order valence-electron chi connectivity index (χ0n) is 6.69. The Hall–Kier alpha value is -0.350. The number of aliphatic hydroxyl groups is 1. The van der Waals surface area contributed by atoms with Gasteiger partial charge >= 0.3 is 35.5 Å². The summed E-state index contributed by atoms with van der Waals surface area (Å²) in [5, 5.41) is 17.7. The van der Waals surface area contributed by atoms with Crippen LogP contribution in [0.15, 0.2) is 24.3 Å². The monoisotopic (exact) mass is 190 g/mol. The SMILES string of the molecule is Cc1ccccc1C(O)C(=O)O.[NaH]. The van der Waals surface area contributed by atoms with Crippen molar-refractivity contribution >= 4 is 35.5 Å². The zero-order valence-corrected chi connectivity index (χ0v) is 6.69. The van der Waals surface area contributed by atoms with Crippen molar-refractivity contribution in [2.75, 3.05) is 0 Å². The zero-order chi connectivity index (χ0) is 9.14. The Bertz CT molecular complexity index is 299. The van der Waals surface area contributed by atoms with Gasteiger partial charge in [0.05, 0.1) is 0 Å². The first-order valence-electron chi connectivity index (χ1n) is 3.59. The summed E-state index contributed by atoms with van der Waals surface area (Å²) in [4.78, 5) is 10.4. The van der Waals surface area contributed by atoms with Gasteiger partial charge in [-0.2, -0.15) is 0 Å². The number of hydrogen-bond donors (Lipinski definition) is 2. The molecule has 4 heteroatoms.